The van der Waals surface area contributed by atoms with Gasteiger partial charge in [0.1, 0.15) is 5.39 Å². The maximum Gasteiger partial charge on any atom is 0.263 e. The summed E-state index contributed by atoms with van der Waals surface area (Å²) in [5.74, 6) is 0.592. The predicted molar refractivity (Wildman–Crippen MR) is 133 cm³/mol. The Balaban J connectivity index is 1.16. The van der Waals surface area contributed by atoms with Crippen LogP contribution in [0, 0.1) is 5.41 Å². The molecule has 1 saturated heterocycles. The molecule has 1 atom stereocenters. The van der Waals surface area contributed by atoms with E-state index in [-0.39, 0.29) is 22.4 Å². The van der Waals surface area contributed by atoms with Gasteiger partial charge in [-0.05, 0) is 43.1 Å². The molecule has 4 N–H and O–H groups in total. The standard InChI is InChI=1S/C24H24ClN7OS/c25-21-27-16-14(34-21)12-23(17(16)26)8-10-32(11-9-23)22-28-19-15(20(33)29-22)18(30-31-19)24(6-7-24)13-4-2-1-3-5-13/h1-5,17H,6-12,26H2,(H2,28,29,30,31,33)/t17-/m1/s1. The monoisotopic (exact) mass is 493 g/mol. The van der Waals surface area contributed by atoms with Crippen LogP contribution in [0.5, 0.6) is 0 Å². The number of hydrogen-bond acceptors (Lipinski definition) is 7. The maximum atomic E-state index is 13.3. The zero-order chi connectivity index (χ0) is 23.1. The van der Waals surface area contributed by atoms with Crippen molar-refractivity contribution in [2.75, 3.05) is 18.0 Å². The van der Waals surface area contributed by atoms with Gasteiger partial charge in [-0.3, -0.25) is 14.9 Å². The van der Waals surface area contributed by atoms with Crippen molar-refractivity contribution in [1.29, 1.82) is 0 Å². The van der Waals surface area contributed by atoms with Crippen molar-refractivity contribution in [3.63, 3.8) is 0 Å². The van der Waals surface area contributed by atoms with Crippen molar-refractivity contribution in [3.05, 3.63) is 67.0 Å². The molecule has 3 aromatic heterocycles. The Labute approximate surface area is 204 Å². The van der Waals surface area contributed by atoms with Gasteiger partial charge >= 0.3 is 0 Å². The zero-order valence-corrected chi connectivity index (χ0v) is 20.0. The molecule has 0 bridgehead atoms. The second-order valence-corrected chi connectivity index (χ2v) is 11.6. The lowest BCUT2D eigenvalue weighted by Crippen LogP contribution is -2.45. The number of halogens is 1. The molecule has 3 aliphatic rings. The van der Waals surface area contributed by atoms with Gasteiger partial charge in [-0.1, -0.05) is 41.9 Å². The number of nitrogens with two attached hydrogens (primary N) is 1. The Kier molecular flexibility index (Phi) is 4.32. The normalized spacial score (nSPS) is 22.4. The molecule has 1 aliphatic heterocycles. The van der Waals surface area contributed by atoms with Crippen molar-refractivity contribution >= 4 is 39.9 Å². The average molecular weight is 494 g/mol. The summed E-state index contributed by atoms with van der Waals surface area (Å²) < 4.78 is 0.571. The molecule has 1 aromatic carbocycles. The molecule has 0 unspecified atom stereocenters. The van der Waals surface area contributed by atoms with Crippen LogP contribution in [0.15, 0.2) is 35.1 Å². The van der Waals surface area contributed by atoms with E-state index in [0.29, 0.717) is 21.4 Å². The highest BCUT2D eigenvalue weighted by atomic mass is 35.5. The van der Waals surface area contributed by atoms with Crippen molar-refractivity contribution < 1.29 is 0 Å². The minimum atomic E-state index is -0.192. The summed E-state index contributed by atoms with van der Waals surface area (Å²) in [5.41, 5.74) is 9.84. The number of aromatic nitrogens is 5. The molecule has 2 fully saturated rings. The molecule has 4 heterocycles. The first kappa shape index (κ1) is 20.6. The van der Waals surface area contributed by atoms with E-state index < -0.39 is 0 Å². The van der Waals surface area contributed by atoms with Crippen LogP contribution < -0.4 is 16.2 Å². The van der Waals surface area contributed by atoms with Gasteiger partial charge in [0.25, 0.3) is 5.56 Å². The van der Waals surface area contributed by atoms with Crippen LogP contribution in [-0.4, -0.2) is 38.2 Å². The van der Waals surface area contributed by atoms with Crippen LogP contribution in [-0.2, 0) is 11.8 Å². The molecule has 174 valence electrons. The lowest BCUT2D eigenvalue weighted by Gasteiger charge is -2.42. The van der Waals surface area contributed by atoms with Gasteiger partial charge in [0, 0.05) is 23.4 Å². The number of aromatic amines is 2. The number of fused-ring (bicyclic) bond motifs is 2. The highest BCUT2D eigenvalue weighted by Gasteiger charge is 2.50. The Hall–Kier alpha value is -2.75. The quantitative estimate of drug-likeness (QED) is 0.401. The van der Waals surface area contributed by atoms with Crippen molar-refractivity contribution in [1.82, 2.24) is 25.1 Å². The fraction of sp³-hybridized carbons (Fsp3) is 0.417. The summed E-state index contributed by atoms with van der Waals surface area (Å²) >= 11 is 7.64. The lowest BCUT2D eigenvalue weighted by molar-refractivity contribution is 0.185. The third-order valence-electron chi connectivity index (χ3n) is 8.17. The summed E-state index contributed by atoms with van der Waals surface area (Å²) in [4.78, 5) is 28.9. The maximum absolute atomic E-state index is 13.3. The van der Waals surface area contributed by atoms with Gasteiger partial charge < -0.3 is 10.6 Å². The van der Waals surface area contributed by atoms with Crippen LogP contribution in [0.1, 0.15) is 53.6 Å². The smallest absolute Gasteiger partial charge is 0.263 e. The molecule has 0 radical (unpaired) electrons. The van der Waals surface area contributed by atoms with Gasteiger partial charge in [0.2, 0.25) is 5.95 Å². The number of anilines is 1. The molecule has 0 amide bonds. The first-order valence-electron chi connectivity index (χ1n) is 11.7. The molecule has 10 heteroatoms. The molecule has 4 aromatic rings. The number of piperidine rings is 1. The second-order valence-electron chi connectivity index (χ2n) is 9.91. The van der Waals surface area contributed by atoms with Gasteiger partial charge in [0.15, 0.2) is 10.1 Å². The van der Waals surface area contributed by atoms with Gasteiger partial charge in [0.05, 0.1) is 17.4 Å². The number of hydrogen-bond donors (Lipinski definition) is 3. The Morgan fingerprint density at radius 1 is 1.12 bits per heavy atom. The molecular formula is C24H24ClN7OS. The van der Waals surface area contributed by atoms with E-state index in [4.69, 9.17) is 22.3 Å². The van der Waals surface area contributed by atoms with E-state index in [2.05, 4.69) is 37.2 Å². The van der Waals surface area contributed by atoms with E-state index in [1.54, 1.807) is 11.3 Å². The van der Waals surface area contributed by atoms with Crippen molar-refractivity contribution in [3.8, 4) is 0 Å². The fourth-order valence-corrected chi connectivity index (χ4v) is 7.40. The summed E-state index contributed by atoms with van der Waals surface area (Å²) in [6, 6.07) is 10.2. The number of thiazole rings is 1. The average Bonchev–Trinajstić information content (AvgIpc) is 3.31. The van der Waals surface area contributed by atoms with Gasteiger partial charge in [-0.25, -0.2) is 4.98 Å². The zero-order valence-electron chi connectivity index (χ0n) is 18.5. The minimum Gasteiger partial charge on any atom is -0.342 e. The molecule has 7 rings (SSSR count). The second kappa shape index (κ2) is 7.13. The third kappa shape index (κ3) is 2.87. The van der Waals surface area contributed by atoms with E-state index in [1.165, 1.54) is 10.4 Å². The topological polar surface area (TPSA) is 117 Å². The lowest BCUT2D eigenvalue weighted by atomic mass is 9.74. The van der Waals surface area contributed by atoms with Crippen LogP contribution in [0.3, 0.4) is 0 Å². The number of nitrogens with zero attached hydrogens (tertiary/aromatic N) is 4. The summed E-state index contributed by atoms with van der Waals surface area (Å²) in [6.45, 7) is 1.56. The van der Waals surface area contributed by atoms with E-state index in [1.807, 2.05) is 18.2 Å². The van der Waals surface area contributed by atoms with Crippen molar-refractivity contribution in [2.24, 2.45) is 11.1 Å². The first-order valence-corrected chi connectivity index (χ1v) is 12.9. The first-order chi connectivity index (χ1) is 16.5. The molecule has 8 nitrogen and oxygen atoms in total. The Morgan fingerprint density at radius 2 is 1.88 bits per heavy atom. The molecule has 2 aliphatic carbocycles. The molecule has 34 heavy (non-hydrogen) atoms. The van der Waals surface area contributed by atoms with Crippen LogP contribution >= 0.6 is 22.9 Å². The molecule has 1 saturated carbocycles. The predicted octanol–water partition coefficient (Wildman–Crippen LogP) is 3.68. The third-order valence-corrected chi connectivity index (χ3v) is 9.35. The number of benzene rings is 1. The van der Waals surface area contributed by atoms with Crippen LogP contribution in [0.25, 0.3) is 11.0 Å². The minimum absolute atomic E-state index is 0.00878. The van der Waals surface area contributed by atoms with Crippen LogP contribution in [0.2, 0.25) is 4.47 Å². The van der Waals surface area contributed by atoms with E-state index in [0.717, 1.165) is 56.6 Å². The number of nitrogens with one attached hydrogen (secondary N) is 2. The van der Waals surface area contributed by atoms with Crippen molar-refractivity contribution in [2.45, 2.75) is 43.6 Å². The summed E-state index contributed by atoms with van der Waals surface area (Å²) in [6.07, 6.45) is 4.73. The van der Waals surface area contributed by atoms with Gasteiger partial charge in [-0.15, -0.1) is 11.3 Å². The Bertz CT molecular complexity index is 1460. The summed E-state index contributed by atoms with van der Waals surface area (Å²) in [5, 5.41) is 8.21. The Morgan fingerprint density at radius 3 is 2.59 bits per heavy atom. The molecular weight excluding hydrogens is 470 g/mol. The fourth-order valence-electron chi connectivity index (χ4n) is 6.04. The van der Waals surface area contributed by atoms with E-state index in [9.17, 15) is 4.79 Å². The van der Waals surface area contributed by atoms with E-state index >= 15 is 0 Å². The summed E-state index contributed by atoms with van der Waals surface area (Å²) in [7, 11) is 0. The highest BCUT2D eigenvalue weighted by Crippen LogP contribution is 2.54. The SMILES string of the molecule is N[C@@H]1c2nc(Cl)sc2CC12CCN(c1nc3[nH]nc(C4(c5ccccc5)CC4)c3c(=O)[nH]1)CC2. The largest absolute Gasteiger partial charge is 0.342 e. The van der Waals surface area contributed by atoms with Gasteiger partial charge in [-0.2, -0.15) is 10.1 Å². The number of H-pyrrole nitrogens is 2. The van der Waals surface area contributed by atoms with Crippen LogP contribution in [0.4, 0.5) is 5.95 Å². The molecule has 1 spiro atoms. The highest BCUT2D eigenvalue weighted by molar-refractivity contribution is 7.15. The number of rotatable bonds is 3.